The summed E-state index contributed by atoms with van der Waals surface area (Å²) in [6.07, 6.45) is 12.2. The molecule has 2 atom stereocenters. The molecule has 0 aromatic rings. The quantitative estimate of drug-likeness (QED) is 0.300. The van der Waals surface area contributed by atoms with Gasteiger partial charge in [-0.25, -0.2) is 0 Å². The molecule has 2 unspecified atom stereocenters. The van der Waals surface area contributed by atoms with Crippen molar-refractivity contribution in [3.05, 3.63) is 0 Å². The molecule has 0 rings (SSSR count). The van der Waals surface area contributed by atoms with Gasteiger partial charge in [0.2, 0.25) is 0 Å². The topological polar surface area (TPSA) is 47.3 Å². The van der Waals surface area contributed by atoms with Crippen molar-refractivity contribution in [3.63, 3.8) is 0 Å². The van der Waals surface area contributed by atoms with Gasteiger partial charge in [-0.1, -0.05) is 58.3 Å². The van der Waals surface area contributed by atoms with Gasteiger partial charge in [0.25, 0.3) is 0 Å². The minimum absolute atomic E-state index is 0.213. The highest BCUT2D eigenvalue weighted by molar-refractivity contribution is 4.71. The number of nitrogens with one attached hydrogen (secondary N) is 1. The van der Waals surface area contributed by atoms with Crippen molar-refractivity contribution >= 4 is 0 Å². The van der Waals surface area contributed by atoms with Crippen molar-refractivity contribution in [2.24, 2.45) is 5.84 Å². The van der Waals surface area contributed by atoms with E-state index in [1.165, 1.54) is 51.4 Å². The lowest BCUT2D eigenvalue weighted by molar-refractivity contribution is 0.0445. The first-order valence-corrected chi connectivity index (χ1v) is 7.83. The molecule has 3 nitrogen and oxygen atoms in total. The van der Waals surface area contributed by atoms with Crippen LogP contribution in [0.4, 0.5) is 0 Å². The zero-order valence-corrected chi connectivity index (χ0v) is 12.7. The van der Waals surface area contributed by atoms with Gasteiger partial charge in [-0.15, -0.1) is 0 Å². The largest absolute Gasteiger partial charge is 0.377 e. The Morgan fingerprint density at radius 1 is 0.944 bits per heavy atom. The van der Waals surface area contributed by atoms with Crippen molar-refractivity contribution < 1.29 is 4.74 Å². The van der Waals surface area contributed by atoms with Crippen LogP contribution in [-0.4, -0.2) is 18.8 Å². The van der Waals surface area contributed by atoms with Crippen molar-refractivity contribution in [2.75, 3.05) is 6.61 Å². The summed E-state index contributed by atoms with van der Waals surface area (Å²) < 4.78 is 5.57. The normalized spacial score (nSPS) is 14.7. The van der Waals surface area contributed by atoms with E-state index in [9.17, 15) is 0 Å². The van der Waals surface area contributed by atoms with E-state index in [1.54, 1.807) is 0 Å². The lowest BCUT2D eigenvalue weighted by Crippen LogP contribution is -2.43. The summed E-state index contributed by atoms with van der Waals surface area (Å²) in [5.74, 6) is 5.57. The van der Waals surface area contributed by atoms with Crippen LogP contribution in [0.2, 0.25) is 0 Å². The molecule has 3 N–H and O–H groups in total. The Morgan fingerprint density at radius 3 is 2.00 bits per heavy atom. The van der Waals surface area contributed by atoms with Gasteiger partial charge >= 0.3 is 0 Å². The lowest BCUT2D eigenvalue weighted by atomic mass is 10.0. The summed E-state index contributed by atoms with van der Waals surface area (Å²) in [5, 5.41) is 0. The summed E-state index contributed by atoms with van der Waals surface area (Å²) >= 11 is 0. The number of nitrogens with two attached hydrogens (primary N) is 1. The Labute approximate surface area is 114 Å². The van der Waals surface area contributed by atoms with Gasteiger partial charge in [-0.3, -0.25) is 11.3 Å². The molecule has 0 aliphatic heterocycles. The van der Waals surface area contributed by atoms with E-state index < -0.39 is 0 Å². The molecule has 0 saturated carbocycles. The van der Waals surface area contributed by atoms with Gasteiger partial charge in [0, 0.05) is 12.6 Å². The van der Waals surface area contributed by atoms with Gasteiger partial charge in [0.15, 0.2) is 0 Å². The summed E-state index contributed by atoms with van der Waals surface area (Å²) in [6, 6.07) is 0.296. The van der Waals surface area contributed by atoms with Crippen LogP contribution in [0, 0.1) is 0 Å². The third-order valence-electron chi connectivity index (χ3n) is 3.58. The Hall–Kier alpha value is -0.120. The van der Waals surface area contributed by atoms with E-state index in [2.05, 4.69) is 19.3 Å². The van der Waals surface area contributed by atoms with Crippen molar-refractivity contribution in [1.29, 1.82) is 0 Å². The number of rotatable bonds is 13. The number of hydrazine groups is 1. The second-order valence-corrected chi connectivity index (χ2v) is 5.20. The maximum atomic E-state index is 5.57. The molecule has 0 aliphatic carbocycles. The second kappa shape index (κ2) is 13.3. The standard InChI is InChI=1S/C15H34N2O/c1-4-6-7-8-9-10-11-12-13-15(17-16)14(3)18-5-2/h14-15,17H,4-13,16H2,1-3H3. The van der Waals surface area contributed by atoms with E-state index in [1.807, 2.05) is 6.92 Å². The Bertz CT molecular complexity index is 165. The average Bonchev–Trinajstić information content (AvgIpc) is 2.37. The number of hydrogen-bond donors (Lipinski definition) is 2. The summed E-state index contributed by atoms with van der Waals surface area (Å²) in [7, 11) is 0. The molecular formula is C15H34N2O. The first-order valence-electron chi connectivity index (χ1n) is 7.83. The fraction of sp³-hybridized carbons (Fsp3) is 1.00. The van der Waals surface area contributed by atoms with Gasteiger partial charge in [-0.2, -0.15) is 0 Å². The molecule has 0 aromatic carbocycles. The SMILES string of the molecule is CCCCCCCCCCC(NN)C(C)OCC. The van der Waals surface area contributed by atoms with E-state index in [0.29, 0.717) is 6.04 Å². The predicted octanol–water partition coefficient (Wildman–Crippen LogP) is 3.77. The van der Waals surface area contributed by atoms with Crippen LogP contribution in [-0.2, 0) is 4.74 Å². The van der Waals surface area contributed by atoms with E-state index >= 15 is 0 Å². The predicted molar refractivity (Wildman–Crippen MR) is 79.4 cm³/mol. The van der Waals surface area contributed by atoms with Crippen LogP contribution < -0.4 is 11.3 Å². The molecule has 0 bridgehead atoms. The molecule has 0 aromatic heterocycles. The molecule has 18 heavy (non-hydrogen) atoms. The van der Waals surface area contributed by atoms with Crippen molar-refractivity contribution in [2.45, 2.75) is 90.7 Å². The second-order valence-electron chi connectivity index (χ2n) is 5.20. The van der Waals surface area contributed by atoms with Crippen LogP contribution in [0.25, 0.3) is 0 Å². The molecule has 0 aliphatic rings. The summed E-state index contributed by atoms with van der Waals surface area (Å²) in [6.45, 7) is 7.15. The van der Waals surface area contributed by atoms with E-state index in [0.717, 1.165) is 13.0 Å². The molecule has 0 radical (unpaired) electrons. The van der Waals surface area contributed by atoms with Crippen LogP contribution in [0.1, 0.15) is 78.6 Å². The average molecular weight is 258 g/mol. The smallest absolute Gasteiger partial charge is 0.0713 e. The zero-order chi connectivity index (χ0) is 13.6. The van der Waals surface area contributed by atoms with Crippen LogP contribution in [0.3, 0.4) is 0 Å². The lowest BCUT2D eigenvalue weighted by Gasteiger charge is -2.22. The molecule has 110 valence electrons. The Morgan fingerprint density at radius 2 is 1.50 bits per heavy atom. The molecule has 0 heterocycles. The monoisotopic (exact) mass is 258 g/mol. The number of unbranched alkanes of at least 4 members (excludes halogenated alkanes) is 7. The van der Waals surface area contributed by atoms with Crippen LogP contribution in [0.15, 0.2) is 0 Å². The molecule has 0 spiro atoms. The third-order valence-corrected chi connectivity index (χ3v) is 3.58. The summed E-state index contributed by atoms with van der Waals surface area (Å²) in [4.78, 5) is 0. The third kappa shape index (κ3) is 9.86. The molecule has 0 amide bonds. The van der Waals surface area contributed by atoms with Crippen LogP contribution in [0.5, 0.6) is 0 Å². The van der Waals surface area contributed by atoms with Gasteiger partial charge in [-0.05, 0) is 20.3 Å². The first kappa shape index (κ1) is 17.9. The first-order chi connectivity index (χ1) is 8.76. The van der Waals surface area contributed by atoms with Crippen molar-refractivity contribution in [3.8, 4) is 0 Å². The highest BCUT2D eigenvalue weighted by atomic mass is 16.5. The Balaban J connectivity index is 3.39. The van der Waals surface area contributed by atoms with Crippen LogP contribution >= 0.6 is 0 Å². The highest BCUT2D eigenvalue weighted by Crippen LogP contribution is 2.12. The molecular weight excluding hydrogens is 224 g/mol. The van der Waals surface area contributed by atoms with Gasteiger partial charge < -0.3 is 4.74 Å². The van der Waals surface area contributed by atoms with Gasteiger partial charge in [0.05, 0.1) is 6.10 Å². The number of hydrogen-bond acceptors (Lipinski definition) is 3. The minimum Gasteiger partial charge on any atom is -0.377 e. The zero-order valence-electron chi connectivity index (χ0n) is 12.7. The molecule has 0 fully saturated rings. The van der Waals surface area contributed by atoms with Crippen molar-refractivity contribution in [1.82, 2.24) is 5.43 Å². The minimum atomic E-state index is 0.213. The highest BCUT2D eigenvalue weighted by Gasteiger charge is 2.14. The molecule has 0 saturated heterocycles. The van der Waals surface area contributed by atoms with E-state index in [-0.39, 0.29) is 6.10 Å². The van der Waals surface area contributed by atoms with E-state index in [4.69, 9.17) is 10.6 Å². The fourth-order valence-electron chi connectivity index (χ4n) is 2.33. The maximum absolute atomic E-state index is 5.57. The Kier molecular flexibility index (Phi) is 13.2. The molecule has 3 heteroatoms. The summed E-state index contributed by atoms with van der Waals surface area (Å²) in [5.41, 5.74) is 2.88. The number of ether oxygens (including phenoxy) is 1. The van der Waals surface area contributed by atoms with Gasteiger partial charge in [0.1, 0.15) is 0 Å². The maximum Gasteiger partial charge on any atom is 0.0713 e. The fourth-order valence-corrected chi connectivity index (χ4v) is 2.33.